The Bertz CT molecular complexity index is 695. The SMILES string of the molecule is CCC(CC)(CNC(=NC)N1CCC(C(=O)N2CCOCC2)CC1)c1ccccc1.I. The largest absolute Gasteiger partial charge is 0.378 e. The summed E-state index contributed by atoms with van der Waals surface area (Å²) in [4.78, 5) is 21.6. The van der Waals surface area contributed by atoms with E-state index < -0.39 is 0 Å². The lowest BCUT2D eigenvalue weighted by atomic mass is 9.76. The standard InChI is InChI=1S/C24H38N4O2.HI/c1-4-24(5-2,21-9-7-6-8-10-21)19-26-23(25-3)28-13-11-20(12-14-28)22(29)27-15-17-30-18-16-27;/h6-10,20H,4-5,11-19H2,1-3H3,(H,25,26);1H. The summed E-state index contributed by atoms with van der Waals surface area (Å²) in [6.45, 7) is 9.94. The van der Waals surface area contributed by atoms with Gasteiger partial charge < -0.3 is 19.9 Å². The summed E-state index contributed by atoms with van der Waals surface area (Å²) in [5, 5.41) is 3.65. The van der Waals surface area contributed by atoms with Crippen molar-refractivity contribution in [2.24, 2.45) is 10.9 Å². The number of guanidine groups is 1. The molecule has 1 aromatic carbocycles. The summed E-state index contributed by atoms with van der Waals surface area (Å²) in [6.07, 6.45) is 3.94. The summed E-state index contributed by atoms with van der Waals surface area (Å²) in [7, 11) is 1.86. The molecular formula is C24H39IN4O2. The van der Waals surface area contributed by atoms with E-state index in [9.17, 15) is 4.79 Å². The summed E-state index contributed by atoms with van der Waals surface area (Å²) in [5.41, 5.74) is 1.48. The lowest BCUT2D eigenvalue weighted by Gasteiger charge is -2.38. The Labute approximate surface area is 204 Å². The second kappa shape index (κ2) is 12.6. The third-order valence-electron chi connectivity index (χ3n) is 7.00. The monoisotopic (exact) mass is 542 g/mol. The molecule has 0 bridgehead atoms. The quantitative estimate of drug-likeness (QED) is 0.340. The maximum atomic E-state index is 12.8. The van der Waals surface area contributed by atoms with Crippen LogP contribution in [0, 0.1) is 5.92 Å². The second-order valence-electron chi connectivity index (χ2n) is 8.45. The van der Waals surface area contributed by atoms with Crippen LogP contribution >= 0.6 is 24.0 Å². The fraction of sp³-hybridized carbons (Fsp3) is 0.667. The summed E-state index contributed by atoms with van der Waals surface area (Å²) in [5.74, 6) is 1.39. The Morgan fingerprint density at radius 1 is 1.06 bits per heavy atom. The molecule has 0 atom stereocenters. The number of ether oxygens (including phenoxy) is 1. The molecule has 7 heteroatoms. The van der Waals surface area contributed by atoms with Crippen molar-refractivity contribution in [1.29, 1.82) is 0 Å². The number of morpholine rings is 1. The minimum atomic E-state index is 0. The summed E-state index contributed by atoms with van der Waals surface area (Å²) < 4.78 is 5.38. The van der Waals surface area contributed by atoms with Crippen LogP contribution in [0.5, 0.6) is 0 Å². The molecule has 0 radical (unpaired) electrons. The molecule has 31 heavy (non-hydrogen) atoms. The van der Waals surface area contributed by atoms with Crippen molar-refractivity contribution in [3.63, 3.8) is 0 Å². The first-order chi connectivity index (χ1) is 14.6. The van der Waals surface area contributed by atoms with E-state index in [1.54, 1.807) is 0 Å². The number of carbonyl (C=O) groups excluding carboxylic acids is 1. The number of benzene rings is 1. The molecule has 2 aliphatic rings. The zero-order valence-corrected chi connectivity index (χ0v) is 21.6. The van der Waals surface area contributed by atoms with Crippen molar-refractivity contribution in [2.45, 2.75) is 44.9 Å². The summed E-state index contributed by atoms with van der Waals surface area (Å²) in [6, 6.07) is 10.8. The van der Waals surface area contributed by atoms with Gasteiger partial charge in [0.05, 0.1) is 13.2 Å². The maximum absolute atomic E-state index is 12.8. The van der Waals surface area contributed by atoms with Crippen molar-refractivity contribution in [2.75, 3.05) is 53.0 Å². The highest BCUT2D eigenvalue weighted by molar-refractivity contribution is 14.0. The number of rotatable bonds is 6. The lowest BCUT2D eigenvalue weighted by molar-refractivity contribution is -0.140. The summed E-state index contributed by atoms with van der Waals surface area (Å²) >= 11 is 0. The molecule has 2 heterocycles. The van der Waals surface area contributed by atoms with Crippen LogP contribution in [0.2, 0.25) is 0 Å². The number of amides is 1. The van der Waals surface area contributed by atoms with Crippen LogP contribution in [-0.4, -0.2) is 74.7 Å². The fourth-order valence-corrected chi connectivity index (χ4v) is 4.76. The van der Waals surface area contributed by atoms with Gasteiger partial charge in [0.25, 0.3) is 0 Å². The van der Waals surface area contributed by atoms with Gasteiger partial charge in [0.15, 0.2) is 5.96 Å². The van der Waals surface area contributed by atoms with Gasteiger partial charge in [0.1, 0.15) is 0 Å². The van der Waals surface area contributed by atoms with Crippen LogP contribution in [0.1, 0.15) is 45.1 Å². The van der Waals surface area contributed by atoms with Gasteiger partial charge in [-0.3, -0.25) is 9.79 Å². The number of aliphatic imine (C=N–C) groups is 1. The maximum Gasteiger partial charge on any atom is 0.225 e. The molecule has 3 rings (SSSR count). The first-order valence-corrected chi connectivity index (χ1v) is 11.5. The van der Waals surface area contributed by atoms with Crippen LogP contribution in [0.15, 0.2) is 35.3 Å². The molecule has 0 spiro atoms. The molecule has 174 valence electrons. The Balaban J connectivity index is 0.00000341. The molecule has 1 amide bonds. The molecule has 2 fully saturated rings. The molecule has 1 aromatic rings. The van der Waals surface area contributed by atoms with E-state index in [2.05, 4.69) is 59.4 Å². The molecule has 2 aliphatic heterocycles. The van der Waals surface area contributed by atoms with Gasteiger partial charge in [-0.1, -0.05) is 44.2 Å². The molecule has 0 saturated carbocycles. The number of nitrogens with one attached hydrogen (secondary N) is 1. The molecule has 0 unspecified atom stereocenters. The smallest absolute Gasteiger partial charge is 0.225 e. The Morgan fingerprint density at radius 2 is 1.68 bits per heavy atom. The van der Waals surface area contributed by atoms with Crippen molar-refractivity contribution in [3.8, 4) is 0 Å². The highest BCUT2D eigenvalue weighted by Crippen LogP contribution is 2.31. The third-order valence-corrected chi connectivity index (χ3v) is 7.00. The zero-order chi connectivity index (χ0) is 21.4. The Hall–Kier alpha value is -1.35. The number of halogens is 1. The predicted octanol–water partition coefficient (Wildman–Crippen LogP) is 3.51. The molecule has 0 aliphatic carbocycles. The predicted molar refractivity (Wildman–Crippen MR) is 137 cm³/mol. The minimum absolute atomic E-state index is 0. The van der Waals surface area contributed by atoms with Crippen molar-refractivity contribution in [3.05, 3.63) is 35.9 Å². The molecule has 6 nitrogen and oxygen atoms in total. The van der Waals surface area contributed by atoms with Crippen molar-refractivity contribution >= 4 is 35.8 Å². The van der Waals surface area contributed by atoms with Gasteiger partial charge in [-0.2, -0.15) is 0 Å². The van der Waals surface area contributed by atoms with Gasteiger partial charge in [0.2, 0.25) is 5.91 Å². The molecular weight excluding hydrogens is 503 g/mol. The van der Waals surface area contributed by atoms with Gasteiger partial charge >= 0.3 is 0 Å². The number of carbonyl (C=O) groups is 1. The van der Waals surface area contributed by atoms with E-state index in [1.165, 1.54) is 5.56 Å². The zero-order valence-electron chi connectivity index (χ0n) is 19.3. The van der Waals surface area contributed by atoms with E-state index in [0.717, 1.165) is 64.4 Å². The van der Waals surface area contributed by atoms with Crippen LogP contribution in [0.25, 0.3) is 0 Å². The average molecular weight is 543 g/mol. The molecule has 2 saturated heterocycles. The highest BCUT2D eigenvalue weighted by Gasteiger charge is 2.32. The first kappa shape index (κ1) is 25.9. The first-order valence-electron chi connectivity index (χ1n) is 11.5. The van der Waals surface area contributed by atoms with Crippen molar-refractivity contribution in [1.82, 2.24) is 15.1 Å². The van der Waals surface area contributed by atoms with Gasteiger partial charge in [-0.25, -0.2) is 0 Å². The number of hydrogen-bond acceptors (Lipinski definition) is 3. The molecule has 1 N–H and O–H groups in total. The number of likely N-dealkylation sites (tertiary alicyclic amines) is 1. The Morgan fingerprint density at radius 3 is 2.23 bits per heavy atom. The average Bonchev–Trinajstić information content (AvgIpc) is 2.83. The number of hydrogen-bond donors (Lipinski definition) is 1. The van der Waals surface area contributed by atoms with E-state index in [4.69, 9.17) is 4.74 Å². The van der Waals surface area contributed by atoms with E-state index in [0.29, 0.717) is 19.1 Å². The van der Waals surface area contributed by atoms with Crippen LogP contribution in [0.3, 0.4) is 0 Å². The van der Waals surface area contributed by atoms with Gasteiger partial charge in [0, 0.05) is 51.1 Å². The third kappa shape index (κ3) is 6.34. The van der Waals surface area contributed by atoms with E-state index in [1.807, 2.05) is 11.9 Å². The fourth-order valence-electron chi connectivity index (χ4n) is 4.76. The topological polar surface area (TPSA) is 57.2 Å². The van der Waals surface area contributed by atoms with Crippen LogP contribution < -0.4 is 5.32 Å². The van der Waals surface area contributed by atoms with Crippen LogP contribution in [-0.2, 0) is 14.9 Å². The Kier molecular flexibility index (Phi) is 10.6. The minimum Gasteiger partial charge on any atom is -0.378 e. The molecule has 0 aromatic heterocycles. The lowest BCUT2D eigenvalue weighted by Crippen LogP contribution is -2.51. The number of piperidine rings is 1. The van der Waals surface area contributed by atoms with Crippen molar-refractivity contribution < 1.29 is 9.53 Å². The van der Waals surface area contributed by atoms with E-state index >= 15 is 0 Å². The van der Waals surface area contributed by atoms with E-state index in [-0.39, 0.29) is 35.3 Å². The van der Waals surface area contributed by atoms with Gasteiger partial charge in [-0.15, -0.1) is 24.0 Å². The van der Waals surface area contributed by atoms with Crippen LogP contribution in [0.4, 0.5) is 0 Å². The highest BCUT2D eigenvalue weighted by atomic mass is 127. The number of nitrogens with zero attached hydrogens (tertiary/aromatic N) is 3. The second-order valence-corrected chi connectivity index (χ2v) is 8.45. The van der Waals surface area contributed by atoms with Gasteiger partial charge in [-0.05, 0) is 31.2 Å². The normalized spacial score (nSPS) is 18.5.